The fourth-order valence-corrected chi connectivity index (χ4v) is 5.03. The molecule has 0 N–H and O–H groups in total. The Morgan fingerprint density at radius 2 is 1.90 bits per heavy atom. The van der Waals surface area contributed by atoms with E-state index in [9.17, 15) is 4.79 Å². The molecule has 0 radical (unpaired) electrons. The Morgan fingerprint density at radius 3 is 2.67 bits per heavy atom. The van der Waals surface area contributed by atoms with Gasteiger partial charge < -0.3 is 18.6 Å². The molecule has 5 rings (SSSR count). The van der Waals surface area contributed by atoms with Crippen LogP contribution in [0.2, 0.25) is 0 Å². The van der Waals surface area contributed by atoms with Crippen molar-refractivity contribution >= 4 is 34.1 Å². The lowest BCUT2D eigenvalue weighted by Gasteiger charge is -2.14. The van der Waals surface area contributed by atoms with E-state index in [1.807, 2.05) is 36.5 Å². The highest BCUT2D eigenvalue weighted by Crippen LogP contribution is 2.35. The third kappa shape index (κ3) is 5.08. The van der Waals surface area contributed by atoms with Crippen LogP contribution in [0, 0.1) is 0 Å². The number of rotatable bonds is 11. The van der Waals surface area contributed by atoms with Gasteiger partial charge in [-0.2, -0.15) is 0 Å². The van der Waals surface area contributed by atoms with Gasteiger partial charge in [0.05, 0.1) is 31.0 Å². The normalized spacial score (nSPS) is 11.1. The number of allylic oxidation sites excluding steroid dienone is 1. The largest absolute Gasteiger partial charge is 0.494 e. The van der Waals surface area contributed by atoms with Crippen molar-refractivity contribution in [2.45, 2.75) is 32.4 Å². The first-order chi connectivity index (χ1) is 19.1. The fourth-order valence-electron chi connectivity index (χ4n) is 5.03. The topological polar surface area (TPSA) is 71.2 Å². The molecular formula is C32H32N4O3. The number of nitrogens with zero attached hydrogens (tertiary/aromatic N) is 4. The molecule has 0 saturated heterocycles. The number of carbonyl (C=O) groups is 1. The number of aromatic nitrogens is 4. The van der Waals surface area contributed by atoms with Crippen molar-refractivity contribution in [3.05, 3.63) is 96.7 Å². The molecule has 0 bridgehead atoms. The minimum Gasteiger partial charge on any atom is -0.494 e. The highest BCUT2D eigenvalue weighted by atomic mass is 16.5. The van der Waals surface area contributed by atoms with Crippen LogP contribution in [0.15, 0.2) is 80.0 Å². The van der Waals surface area contributed by atoms with Crippen LogP contribution < -0.4 is 4.74 Å². The second kappa shape index (κ2) is 11.4. The lowest BCUT2D eigenvalue weighted by Crippen LogP contribution is -2.08. The average Bonchev–Trinajstić information content (AvgIpc) is 3.52. The number of hydrogen-bond acceptors (Lipinski definition) is 5. The fraction of sp³-hybridized carbons (Fsp3) is 0.219. The van der Waals surface area contributed by atoms with Gasteiger partial charge in [0.2, 0.25) is 0 Å². The van der Waals surface area contributed by atoms with E-state index in [2.05, 4.69) is 46.6 Å². The third-order valence-corrected chi connectivity index (χ3v) is 6.90. The maximum Gasteiger partial charge on any atom is 0.338 e. The summed E-state index contributed by atoms with van der Waals surface area (Å²) in [5, 5.41) is 1.05. The van der Waals surface area contributed by atoms with Crippen molar-refractivity contribution in [2.75, 3.05) is 14.2 Å². The van der Waals surface area contributed by atoms with Crippen LogP contribution in [0.5, 0.6) is 5.75 Å². The molecule has 0 fully saturated rings. The van der Waals surface area contributed by atoms with Crippen molar-refractivity contribution in [3.63, 3.8) is 0 Å². The van der Waals surface area contributed by atoms with E-state index in [4.69, 9.17) is 19.4 Å². The second-order valence-corrected chi connectivity index (χ2v) is 9.39. The van der Waals surface area contributed by atoms with E-state index >= 15 is 0 Å². The molecule has 7 nitrogen and oxygen atoms in total. The van der Waals surface area contributed by atoms with Crippen molar-refractivity contribution in [1.82, 2.24) is 19.1 Å². The number of aryl methyl sites for hydroxylation is 1. The summed E-state index contributed by atoms with van der Waals surface area (Å²) in [6.07, 6.45) is 8.60. The third-order valence-electron chi connectivity index (χ3n) is 6.90. The molecule has 198 valence electrons. The predicted octanol–water partition coefficient (Wildman–Crippen LogP) is 6.90. The Hall–Kier alpha value is -4.65. The molecule has 0 atom stereocenters. The highest BCUT2D eigenvalue weighted by molar-refractivity contribution is 5.97. The van der Waals surface area contributed by atoms with E-state index in [-0.39, 0.29) is 0 Å². The number of benzene rings is 2. The van der Waals surface area contributed by atoms with Gasteiger partial charge in [-0.15, -0.1) is 6.58 Å². The molecule has 0 aliphatic rings. The number of esters is 1. The van der Waals surface area contributed by atoms with Gasteiger partial charge in [-0.25, -0.2) is 14.8 Å². The Labute approximate surface area is 228 Å². The van der Waals surface area contributed by atoms with Crippen LogP contribution in [-0.4, -0.2) is 39.3 Å². The molecule has 7 heteroatoms. The lowest BCUT2D eigenvalue weighted by molar-refractivity contribution is 0.0600. The summed E-state index contributed by atoms with van der Waals surface area (Å²) in [6, 6.07) is 17.9. The monoisotopic (exact) mass is 520 g/mol. The summed E-state index contributed by atoms with van der Waals surface area (Å²) in [7, 11) is 2.97. The number of fused-ring (bicyclic) bond motifs is 2. The van der Waals surface area contributed by atoms with Gasteiger partial charge in [0.1, 0.15) is 16.9 Å². The number of carbonyl (C=O) groups excluding carboxylic acids is 1. The molecule has 0 aliphatic heterocycles. The van der Waals surface area contributed by atoms with Crippen LogP contribution in [0.25, 0.3) is 39.7 Å². The molecule has 0 aliphatic carbocycles. The summed E-state index contributed by atoms with van der Waals surface area (Å²) in [6.45, 7) is 9.12. The summed E-state index contributed by atoms with van der Waals surface area (Å²) in [5.74, 6) is 0.889. The lowest BCUT2D eigenvalue weighted by atomic mass is 10.1. The van der Waals surface area contributed by atoms with Crippen molar-refractivity contribution in [3.8, 4) is 17.3 Å². The number of hydrogen-bond donors (Lipinski definition) is 0. The molecule has 39 heavy (non-hydrogen) atoms. The maximum absolute atomic E-state index is 12.5. The molecule has 2 aromatic carbocycles. The van der Waals surface area contributed by atoms with Gasteiger partial charge >= 0.3 is 5.97 Å². The van der Waals surface area contributed by atoms with Gasteiger partial charge in [-0.3, -0.25) is 0 Å². The standard InChI is InChI=1S/C32H32N4O3/c1-5-7-8-9-16-35-27(19-24-14-11-15-33-30(24)35)31-34-26-18-25(32(37)39-4)20-28(38-3)29(26)36(31)21-23-13-10-12-22(6-2)17-23/h5-6,10-15,17-20H,1-2,7-9,16,21H2,3-4H3. The number of imidazole rings is 1. The van der Waals surface area contributed by atoms with E-state index < -0.39 is 5.97 Å². The highest BCUT2D eigenvalue weighted by Gasteiger charge is 2.23. The molecule has 5 aromatic rings. The molecule has 3 aromatic heterocycles. The van der Waals surface area contributed by atoms with Crippen molar-refractivity contribution in [1.29, 1.82) is 0 Å². The minimum absolute atomic E-state index is 0.387. The number of pyridine rings is 1. The number of ether oxygens (including phenoxy) is 2. The van der Waals surface area contributed by atoms with E-state index in [1.54, 1.807) is 19.2 Å². The molecular weight excluding hydrogens is 488 g/mol. The molecule has 0 unspecified atom stereocenters. The van der Waals surface area contributed by atoms with Gasteiger partial charge in [-0.1, -0.05) is 36.9 Å². The van der Waals surface area contributed by atoms with Gasteiger partial charge in [0, 0.05) is 24.7 Å². The smallest absolute Gasteiger partial charge is 0.338 e. The average molecular weight is 521 g/mol. The minimum atomic E-state index is -0.439. The number of methoxy groups -OCH3 is 2. The Bertz CT molecular complexity index is 1680. The molecule has 0 spiro atoms. The summed E-state index contributed by atoms with van der Waals surface area (Å²) < 4.78 is 15.2. The van der Waals surface area contributed by atoms with Gasteiger partial charge in [-0.05, 0) is 66.8 Å². The quantitative estimate of drug-likeness (QED) is 0.108. The molecule has 0 amide bonds. The molecule has 3 heterocycles. The zero-order chi connectivity index (χ0) is 27.4. The predicted molar refractivity (Wildman–Crippen MR) is 156 cm³/mol. The van der Waals surface area contributed by atoms with Gasteiger partial charge in [0.15, 0.2) is 5.82 Å². The maximum atomic E-state index is 12.5. The van der Waals surface area contributed by atoms with Crippen LogP contribution in [0.1, 0.15) is 40.7 Å². The van der Waals surface area contributed by atoms with Crippen LogP contribution >= 0.6 is 0 Å². The summed E-state index contributed by atoms with van der Waals surface area (Å²) >= 11 is 0. The van der Waals surface area contributed by atoms with E-state index in [0.717, 1.165) is 65.0 Å². The Kier molecular flexibility index (Phi) is 7.59. The van der Waals surface area contributed by atoms with E-state index in [0.29, 0.717) is 23.4 Å². The first kappa shape index (κ1) is 26.0. The Balaban J connectivity index is 1.76. The zero-order valence-corrected chi connectivity index (χ0v) is 22.4. The second-order valence-electron chi connectivity index (χ2n) is 9.39. The molecule has 0 saturated carbocycles. The van der Waals surface area contributed by atoms with Crippen LogP contribution in [-0.2, 0) is 17.8 Å². The van der Waals surface area contributed by atoms with Crippen LogP contribution in [0.3, 0.4) is 0 Å². The van der Waals surface area contributed by atoms with Crippen LogP contribution in [0.4, 0.5) is 0 Å². The SMILES string of the molecule is C=CCCCCn1c(-c2nc3cc(C(=O)OC)cc(OC)c3n2Cc2cccc(C=C)c2)cc2cccnc21. The van der Waals surface area contributed by atoms with Crippen molar-refractivity contribution in [2.24, 2.45) is 0 Å². The van der Waals surface area contributed by atoms with Gasteiger partial charge in [0.25, 0.3) is 0 Å². The Morgan fingerprint density at radius 1 is 1.03 bits per heavy atom. The summed E-state index contributed by atoms with van der Waals surface area (Å²) in [4.78, 5) is 22.3. The van der Waals surface area contributed by atoms with Crippen molar-refractivity contribution < 1.29 is 14.3 Å². The zero-order valence-electron chi connectivity index (χ0n) is 22.4. The first-order valence-corrected chi connectivity index (χ1v) is 13.0. The first-order valence-electron chi connectivity index (χ1n) is 13.0. The summed E-state index contributed by atoms with van der Waals surface area (Å²) in [5.41, 5.74) is 5.86. The van der Waals surface area contributed by atoms with E-state index in [1.165, 1.54) is 7.11 Å². The number of unbranched alkanes of at least 4 members (excludes halogenated alkanes) is 2.